The summed E-state index contributed by atoms with van der Waals surface area (Å²) in [6.07, 6.45) is 0. The highest BCUT2D eigenvalue weighted by Crippen LogP contribution is 2.33. The van der Waals surface area contributed by atoms with Gasteiger partial charge in [-0.3, -0.25) is 0 Å². The molecule has 9 aromatic carbocycles. The molecule has 0 spiro atoms. The van der Waals surface area contributed by atoms with Gasteiger partial charge < -0.3 is 0 Å². The Balaban J connectivity index is 0.960. The van der Waals surface area contributed by atoms with Crippen LogP contribution in [0.1, 0.15) is 0 Å². The fourth-order valence-electron chi connectivity index (χ4n) is 7.81. The molecule has 0 unspecified atom stereocenters. The largest absolute Gasteiger partial charge is 0.228 e. The molecule has 2 nitrogen and oxygen atoms in total. The quantitative estimate of drug-likeness (QED) is 0.146. The lowest BCUT2D eigenvalue weighted by Gasteiger charge is -2.12. The second-order valence-electron chi connectivity index (χ2n) is 15.0. The van der Waals surface area contributed by atoms with Crippen molar-refractivity contribution in [3.63, 3.8) is 0 Å². The molecule has 0 aliphatic carbocycles. The Morgan fingerprint density at radius 3 is 0.583 bits per heavy atom. The minimum atomic E-state index is 0.689. The van der Waals surface area contributed by atoms with Crippen molar-refractivity contribution in [1.82, 2.24) is 9.97 Å². The Kier molecular flexibility index (Phi) is 10.0. The first-order chi connectivity index (χ1) is 29.7. The molecule has 10 aromatic rings. The van der Waals surface area contributed by atoms with E-state index in [-0.39, 0.29) is 0 Å². The minimum absolute atomic E-state index is 0.689. The average Bonchev–Trinajstić information content (AvgIpc) is 3.35. The van der Waals surface area contributed by atoms with Gasteiger partial charge in [-0.05, 0) is 72.8 Å². The molecule has 0 N–H and O–H groups in total. The van der Waals surface area contributed by atoms with Gasteiger partial charge >= 0.3 is 0 Å². The Morgan fingerprint density at radius 2 is 0.350 bits per heavy atom. The molecule has 0 bridgehead atoms. The first kappa shape index (κ1) is 36.4. The number of rotatable bonds is 9. The van der Waals surface area contributed by atoms with Crippen molar-refractivity contribution in [3.05, 3.63) is 243 Å². The summed E-state index contributed by atoms with van der Waals surface area (Å²) < 4.78 is 0. The Hall–Kier alpha value is -7.94. The smallest absolute Gasteiger partial charge is 0.160 e. The lowest BCUT2D eigenvalue weighted by molar-refractivity contribution is 1.18. The number of hydrogen-bond acceptors (Lipinski definition) is 2. The van der Waals surface area contributed by atoms with E-state index in [1.165, 1.54) is 50.1 Å². The minimum Gasteiger partial charge on any atom is -0.228 e. The topological polar surface area (TPSA) is 25.8 Å². The van der Waals surface area contributed by atoms with Crippen LogP contribution in [0.3, 0.4) is 0 Å². The number of nitrogens with zero attached hydrogens (tertiary/aromatic N) is 2. The van der Waals surface area contributed by atoms with E-state index in [0.29, 0.717) is 5.82 Å². The molecule has 282 valence electrons. The van der Waals surface area contributed by atoms with E-state index in [1.807, 2.05) is 6.07 Å². The summed E-state index contributed by atoms with van der Waals surface area (Å²) in [5, 5.41) is 0. The van der Waals surface area contributed by atoms with E-state index in [2.05, 4.69) is 237 Å². The van der Waals surface area contributed by atoms with Gasteiger partial charge in [0.15, 0.2) is 5.82 Å². The predicted octanol–water partition coefficient (Wildman–Crippen LogP) is 15.5. The SMILES string of the molecule is c1ccc(-c2ccc(-c3ccc(-c4cc(-c5ccc(-c6ccc(-c7ccccc7)cc6)cc5)nc(-c5ccc(-c6ccc(-c7ccccc7)cc6)cc5)n4)cc3)cc2)cc1. The standard InChI is InChI=1S/C58H40N2/c1-4-10-41(11-5-1)44-16-22-47(23-17-44)50-28-34-53(35-29-50)56-40-57(54-36-30-51(31-37-54)48-24-18-45(19-25-48)42-12-6-2-7-13-42)60-58(59-56)55-38-32-52(33-39-55)49-26-20-46(21-27-49)43-14-8-3-9-15-43/h1-40H. The van der Waals surface area contributed by atoms with Gasteiger partial charge in [0.05, 0.1) is 11.4 Å². The monoisotopic (exact) mass is 764 g/mol. The first-order valence-corrected chi connectivity index (χ1v) is 20.4. The molecular weight excluding hydrogens is 725 g/mol. The van der Waals surface area contributed by atoms with Gasteiger partial charge in [0.2, 0.25) is 0 Å². The van der Waals surface area contributed by atoms with Crippen LogP contribution in [0.15, 0.2) is 243 Å². The van der Waals surface area contributed by atoms with E-state index in [9.17, 15) is 0 Å². The zero-order chi connectivity index (χ0) is 40.1. The molecule has 2 heteroatoms. The van der Waals surface area contributed by atoms with Crippen LogP contribution in [-0.4, -0.2) is 9.97 Å². The summed E-state index contributed by atoms with van der Waals surface area (Å²) in [4.78, 5) is 10.4. The van der Waals surface area contributed by atoms with Crippen molar-refractivity contribution in [2.75, 3.05) is 0 Å². The van der Waals surface area contributed by atoms with E-state index < -0.39 is 0 Å². The molecule has 0 fully saturated rings. The molecule has 10 rings (SSSR count). The molecule has 0 atom stereocenters. The summed E-state index contributed by atoms with van der Waals surface area (Å²) in [6, 6.07) is 85.9. The maximum Gasteiger partial charge on any atom is 0.160 e. The summed E-state index contributed by atoms with van der Waals surface area (Å²) in [5.74, 6) is 0.689. The van der Waals surface area contributed by atoms with Crippen LogP contribution in [0.25, 0.3) is 101 Å². The Bertz CT molecular complexity index is 2630. The Labute approximate surface area is 351 Å². The molecule has 0 aliphatic rings. The third kappa shape index (κ3) is 7.83. The average molecular weight is 765 g/mol. The summed E-state index contributed by atoms with van der Waals surface area (Å²) in [6.45, 7) is 0. The maximum absolute atomic E-state index is 5.18. The van der Waals surface area contributed by atoms with E-state index in [4.69, 9.17) is 9.97 Å². The lowest BCUT2D eigenvalue weighted by atomic mass is 9.98. The second-order valence-corrected chi connectivity index (χ2v) is 15.0. The van der Waals surface area contributed by atoms with Crippen molar-refractivity contribution in [3.8, 4) is 101 Å². The van der Waals surface area contributed by atoms with Crippen LogP contribution < -0.4 is 0 Å². The van der Waals surface area contributed by atoms with Crippen molar-refractivity contribution < 1.29 is 0 Å². The van der Waals surface area contributed by atoms with Crippen molar-refractivity contribution in [2.45, 2.75) is 0 Å². The van der Waals surface area contributed by atoms with E-state index in [1.54, 1.807) is 0 Å². The molecular formula is C58H40N2. The zero-order valence-electron chi connectivity index (χ0n) is 33.0. The number of aromatic nitrogens is 2. The highest BCUT2D eigenvalue weighted by molar-refractivity contribution is 5.78. The number of benzene rings is 9. The van der Waals surface area contributed by atoms with Crippen molar-refractivity contribution in [1.29, 1.82) is 0 Å². The normalized spacial score (nSPS) is 11.0. The number of hydrogen-bond donors (Lipinski definition) is 0. The van der Waals surface area contributed by atoms with Gasteiger partial charge in [0.25, 0.3) is 0 Å². The lowest BCUT2D eigenvalue weighted by Crippen LogP contribution is -1.96. The highest BCUT2D eigenvalue weighted by Gasteiger charge is 2.13. The van der Waals surface area contributed by atoms with Crippen LogP contribution >= 0.6 is 0 Å². The molecule has 0 saturated heterocycles. The molecule has 0 saturated carbocycles. The van der Waals surface area contributed by atoms with Crippen LogP contribution in [0.2, 0.25) is 0 Å². The van der Waals surface area contributed by atoms with Gasteiger partial charge in [-0.1, -0.05) is 237 Å². The molecule has 60 heavy (non-hydrogen) atoms. The molecule has 0 amide bonds. The Morgan fingerprint density at radius 1 is 0.167 bits per heavy atom. The molecule has 0 aliphatic heterocycles. The predicted molar refractivity (Wildman–Crippen MR) is 251 cm³/mol. The fourth-order valence-corrected chi connectivity index (χ4v) is 7.81. The van der Waals surface area contributed by atoms with E-state index >= 15 is 0 Å². The zero-order valence-corrected chi connectivity index (χ0v) is 33.0. The van der Waals surface area contributed by atoms with Gasteiger partial charge in [0, 0.05) is 16.7 Å². The first-order valence-electron chi connectivity index (χ1n) is 20.4. The van der Waals surface area contributed by atoms with Crippen LogP contribution in [-0.2, 0) is 0 Å². The van der Waals surface area contributed by atoms with Crippen molar-refractivity contribution >= 4 is 0 Å². The molecule has 0 radical (unpaired) electrons. The van der Waals surface area contributed by atoms with Gasteiger partial charge in [-0.2, -0.15) is 0 Å². The third-order valence-corrected chi connectivity index (χ3v) is 11.2. The third-order valence-electron chi connectivity index (χ3n) is 11.2. The van der Waals surface area contributed by atoms with E-state index in [0.717, 1.165) is 44.8 Å². The van der Waals surface area contributed by atoms with Gasteiger partial charge in [-0.15, -0.1) is 0 Å². The summed E-state index contributed by atoms with van der Waals surface area (Å²) >= 11 is 0. The maximum atomic E-state index is 5.18. The summed E-state index contributed by atoms with van der Waals surface area (Å²) in [5.41, 5.74) is 19.0. The van der Waals surface area contributed by atoms with Crippen LogP contribution in [0, 0.1) is 0 Å². The molecule has 1 aromatic heterocycles. The van der Waals surface area contributed by atoms with Crippen LogP contribution in [0.5, 0.6) is 0 Å². The van der Waals surface area contributed by atoms with Gasteiger partial charge in [0.1, 0.15) is 0 Å². The molecule has 1 heterocycles. The highest BCUT2D eigenvalue weighted by atomic mass is 14.9. The second kappa shape index (κ2) is 16.5. The fraction of sp³-hybridized carbons (Fsp3) is 0. The van der Waals surface area contributed by atoms with Crippen molar-refractivity contribution in [2.24, 2.45) is 0 Å². The summed E-state index contributed by atoms with van der Waals surface area (Å²) in [7, 11) is 0. The van der Waals surface area contributed by atoms with Gasteiger partial charge in [-0.25, -0.2) is 9.97 Å². The van der Waals surface area contributed by atoms with Crippen LogP contribution in [0.4, 0.5) is 0 Å².